The van der Waals surface area contributed by atoms with Crippen LogP contribution in [-0.4, -0.2) is 7.11 Å². The van der Waals surface area contributed by atoms with E-state index in [0.29, 0.717) is 6.54 Å². The molecule has 2 rings (SSSR count). The maximum Gasteiger partial charge on any atom is 0.131 e. The highest BCUT2D eigenvalue weighted by atomic mass is 19.1. The Morgan fingerprint density at radius 1 is 1.14 bits per heavy atom. The first-order chi connectivity index (χ1) is 10.1. The van der Waals surface area contributed by atoms with Gasteiger partial charge in [0.2, 0.25) is 0 Å². The Morgan fingerprint density at radius 3 is 2.48 bits per heavy atom. The summed E-state index contributed by atoms with van der Waals surface area (Å²) in [6.45, 7) is 0.497. The number of hydrogen-bond acceptors (Lipinski definition) is 3. The predicted molar refractivity (Wildman–Crippen MR) is 74.6 cm³/mol. The van der Waals surface area contributed by atoms with Gasteiger partial charge in [-0.3, -0.25) is 0 Å². The van der Waals surface area contributed by atoms with E-state index >= 15 is 0 Å². The Labute approximate surface area is 121 Å². The maximum absolute atomic E-state index is 13.7. The number of methoxy groups -OCH3 is 1. The molecule has 0 saturated heterocycles. The number of hydrogen-bond donors (Lipinski definition) is 1. The van der Waals surface area contributed by atoms with Gasteiger partial charge in [-0.2, -0.15) is 5.26 Å². The van der Waals surface area contributed by atoms with Crippen LogP contribution in [0.3, 0.4) is 0 Å². The van der Waals surface area contributed by atoms with Crippen molar-refractivity contribution in [3.05, 3.63) is 64.7 Å². The first-order valence-electron chi connectivity index (χ1n) is 6.35. The standard InChI is InChI=1S/C16H14F2N2O/c1-21-13-4-2-3-11(5-13)9-20-10-14-15(17)6-12(8-19)7-16(14)18/h2-7,20H,9-10H2,1H3. The molecule has 2 aromatic carbocycles. The Bertz CT molecular complexity index is 657. The average Bonchev–Trinajstić information content (AvgIpc) is 2.50. The summed E-state index contributed by atoms with van der Waals surface area (Å²) in [4.78, 5) is 0. The molecule has 0 aliphatic carbocycles. The average molecular weight is 288 g/mol. The van der Waals surface area contributed by atoms with Crippen LogP contribution in [0.25, 0.3) is 0 Å². The van der Waals surface area contributed by atoms with Crippen molar-refractivity contribution in [2.24, 2.45) is 0 Å². The van der Waals surface area contributed by atoms with Crippen molar-refractivity contribution in [3.63, 3.8) is 0 Å². The van der Waals surface area contributed by atoms with Crippen LogP contribution < -0.4 is 10.1 Å². The quantitative estimate of drug-likeness (QED) is 0.919. The summed E-state index contributed by atoms with van der Waals surface area (Å²) in [6, 6.07) is 11.2. The first-order valence-corrected chi connectivity index (χ1v) is 6.35. The summed E-state index contributed by atoms with van der Waals surface area (Å²) in [5.41, 5.74) is 0.849. The number of ether oxygens (including phenoxy) is 1. The molecule has 21 heavy (non-hydrogen) atoms. The molecule has 3 nitrogen and oxygen atoms in total. The molecule has 0 aliphatic rings. The SMILES string of the molecule is COc1cccc(CNCc2c(F)cc(C#N)cc2F)c1. The maximum atomic E-state index is 13.7. The van der Waals surface area contributed by atoms with Crippen molar-refractivity contribution < 1.29 is 13.5 Å². The van der Waals surface area contributed by atoms with E-state index in [4.69, 9.17) is 10.00 Å². The largest absolute Gasteiger partial charge is 0.497 e. The fourth-order valence-electron chi connectivity index (χ4n) is 1.95. The molecule has 0 aromatic heterocycles. The van der Waals surface area contributed by atoms with Crippen molar-refractivity contribution in [1.29, 1.82) is 5.26 Å². The van der Waals surface area contributed by atoms with Crippen molar-refractivity contribution in [3.8, 4) is 11.8 Å². The minimum Gasteiger partial charge on any atom is -0.497 e. The molecule has 1 N–H and O–H groups in total. The van der Waals surface area contributed by atoms with Gasteiger partial charge in [-0.1, -0.05) is 12.1 Å². The molecule has 0 atom stereocenters. The van der Waals surface area contributed by atoms with Crippen LogP contribution in [0.15, 0.2) is 36.4 Å². The third kappa shape index (κ3) is 3.77. The second-order valence-electron chi connectivity index (χ2n) is 4.49. The molecule has 0 spiro atoms. The zero-order valence-electron chi connectivity index (χ0n) is 11.5. The molecule has 0 amide bonds. The lowest BCUT2D eigenvalue weighted by molar-refractivity contribution is 0.414. The lowest BCUT2D eigenvalue weighted by Crippen LogP contribution is -2.15. The van der Waals surface area contributed by atoms with Gasteiger partial charge >= 0.3 is 0 Å². The Morgan fingerprint density at radius 2 is 1.86 bits per heavy atom. The fourth-order valence-corrected chi connectivity index (χ4v) is 1.95. The second-order valence-corrected chi connectivity index (χ2v) is 4.49. The van der Waals surface area contributed by atoms with E-state index in [1.54, 1.807) is 13.2 Å². The summed E-state index contributed by atoms with van der Waals surface area (Å²) in [5, 5.41) is 11.6. The van der Waals surface area contributed by atoms with Crippen LogP contribution in [0, 0.1) is 23.0 Å². The molecule has 0 aliphatic heterocycles. The smallest absolute Gasteiger partial charge is 0.131 e. The van der Waals surface area contributed by atoms with Crippen molar-refractivity contribution in [1.82, 2.24) is 5.32 Å². The number of rotatable bonds is 5. The lowest BCUT2D eigenvalue weighted by atomic mass is 10.1. The van der Waals surface area contributed by atoms with Crippen molar-refractivity contribution in [2.75, 3.05) is 7.11 Å². The summed E-state index contributed by atoms with van der Waals surface area (Å²) in [6.07, 6.45) is 0. The summed E-state index contributed by atoms with van der Waals surface area (Å²) in [7, 11) is 1.58. The molecule has 0 radical (unpaired) electrons. The molecule has 5 heteroatoms. The molecule has 0 heterocycles. The van der Waals surface area contributed by atoms with Gasteiger partial charge in [0.15, 0.2) is 0 Å². The van der Waals surface area contributed by atoms with Crippen LogP contribution in [0.2, 0.25) is 0 Å². The van der Waals surface area contributed by atoms with Crippen LogP contribution in [0.5, 0.6) is 5.75 Å². The van der Waals surface area contributed by atoms with Gasteiger partial charge in [0.1, 0.15) is 17.4 Å². The van der Waals surface area contributed by atoms with Crippen LogP contribution >= 0.6 is 0 Å². The van der Waals surface area contributed by atoms with Gasteiger partial charge in [0.05, 0.1) is 18.7 Å². The molecule has 0 bridgehead atoms. The fraction of sp³-hybridized carbons (Fsp3) is 0.188. The van der Waals surface area contributed by atoms with E-state index in [9.17, 15) is 8.78 Å². The Balaban J connectivity index is 2.02. The molecule has 0 saturated carbocycles. The number of nitrogens with zero attached hydrogens (tertiary/aromatic N) is 1. The Hall–Kier alpha value is -2.45. The van der Waals surface area contributed by atoms with E-state index in [0.717, 1.165) is 23.4 Å². The lowest BCUT2D eigenvalue weighted by Gasteiger charge is -2.09. The van der Waals surface area contributed by atoms with Gasteiger partial charge < -0.3 is 10.1 Å². The zero-order chi connectivity index (χ0) is 15.2. The number of benzene rings is 2. The topological polar surface area (TPSA) is 45.0 Å². The third-order valence-corrected chi connectivity index (χ3v) is 3.04. The van der Waals surface area contributed by atoms with Gasteiger partial charge in [0.25, 0.3) is 0 Å². The predicted octanol–water partition coefficient (Wildman–Crippen LogP) is 3.13. The van der Waals surface area contributed by atoms with Crippen molar-refractivity contribution >= 4 is 0 Å². The van der Waals surface area contributed by atoms with Crippen molar-refractivity contribution in [2.45, 2.75) is 13.1 Å². The van der Waals surface area contributed by atoms with Crippen LogP contribution in [-0.2, 0) is 13.1 Å². The molecule has 2 aromatic rings. The van der Waals surface area contributed by atoms with Gasteiger partial charge in [-0.05, 0) is 29.8 Å². The highest BCUT2D eigenvalue weighted by molar-refractivity contribution is 5.34. The molecule has 0 fully saturated rings. The van der Waals surface area contributed by atoms with E-state index in [-0.39, 0.29) is 17.7 Å². The van der Waals surface area contributed by atoms with Gasteiger partial charge in [-0.25, -0.2) is 8.78 Å². The second kappa shape index (κ2) is 6.82. The Kier molecular flexibility index (Phi) is 4.85. The number of halogens is 2. The normalized spacial score (nSPS) is 10.2. The molecular formula is C16H14F2N2O. The van der Waals surface area contributed by atoms with Crippen LogP contribution in [0.1, 0.15) is 16.7 Å². The van der Waals surface area contributed by atoms with E-state index in [1.807, 2.05) is 24.3 Å². The number of nitriles is 1. The third-order valence-electron chi connectivity index (χ3n) is 3.04. The van der Waals surface area contributed by atoms with E-state index in [2.05, 4.69) is 5.32 Å². The molecule has 108 valence electrons. The minimum absolute atomic E-state index is 0.0263. The zero-order valence-corrected chi connectivity index (χ0v) is 11.5. The monoisotopic (exact) mass is 288 g/mol. The van der Waals surface area contributed by atoms with Gasteiger partial charge in [0, 0.05) is 18.7 Å². The molecular weight excluding hydrogens is 274 g/mol. The minimum atomic E-state index is -0.718. The van der Waals surface area contributed by atoms with E-state index < -0.39 is 11.6 Å². The highest BCUT2D eigenvalue weighted by Crippen LogP contribution is 2.16. The van der Waals surface area contributed by atoms with Gasteiger partial charge in [-0.15, -0.1) is 0 Å². The van der Waals surface area contributed by atoms with E-state index in [1.165, 1.54) is 0 Å². The molecule has 0 unspecified atom stereocenters. The first kappa shape index (κ1) is 14.9. The van der Waals surface area contributed by atoms with Crippen LogP contribution in [0.4, 0.5) is 8.78 Å². The summed E-state index contributed by atoms with van der Waals surface area (Å²) < 4.78 is 32.5. The number of nitrogens with one attached hydrogen (secondary N) is 1. The highest BCUT2D eigenvalue weighted by Gasteiger charge is 2.10. The summed E-state index contributed by atoms with van der Waals surface area (Å²) in [5.74, 6) is -0.709. The summed E-state index contributed by atoms with van der Waals surface area (Å²) >= 11 is 0.